The molecule has 1 unspecified atom stereocenters. The molecule has 6 nitrogen and oxygen atoms in total. The number of hydrogen-bond acceptors (Lipinski definition) is 5. The minimum Gasteiger partial charge on any atom is -0.454 e. The molecule has 1 aromatic rings. The Morgan fingerprint density at radius 1 is 1.19 bits per heavy atom. The summed E-state index contributed by atoms with van der Waals surface area (Å²) in [6.07, 6.45) is 3.47. The molecule has 138 valence electrons. The Kier molecular flexibility index (Phi) is 6.51. The van der Waals surface area contributed by atoms with Crippen LogP contribution in [0.2, 0.25) is 0 Å². The van der Waals surface area contributed by atoms with Crippen molar-refractivity contribution >= 4 is 23.3 Å². The summed E-state index contributed by atoms with van der Waals surface area (Å²) in [5.41, 5.74) is 0.331. The number of anilines is 1. The molecule has 6 heteroatoms. The number of hydrogen-bond donors (Lipinski definition) is 1. The van der Waals surface area contributed by atoms with Crippen LogP contribution in [0.25, 0.3) is 0 Å². The van der Waals surface area contributed by atoms with Gasteiger partial charge < -0.3 is 10.1 Å². The molecule has 1 aromatic carbocycles. The van der Waals surface area contributed by atoms with Gasteiger partial charge in [-0.2, -0.15) is 5.26 Å². The number of carbonyl (C=O) groups excluding carboxylic acids is 3. The van der Waals surface area contributed by atoms with Crippen LogP contribution in [-0.2, 0) is 14.3 Å². The number of nitrogens with zero attached hydrogens (tertiary/aromatic N) is 1. The van der Waals surface area contributed by atoms with Gasteiger partial charge in [-0.15, -0.1) is 0 Å². The highest BCUT2D eigenvalue weighted by molar-refractivity contribution is 6.00. The number of amides is 1. The molecule has 1 amide bonds. The minimum absolute atomic E-state index is 0.0303. The normalized spacial score (nSPS) is 16.8. The van der Waals surface area contributed by atoms with Crippen molar-refractivity contribution in [2.45, 2.75) is 58.5 Å². The van der Waals surface area contributed by atoms with E-state index in [9.17, 15) is 19.6 Å². The Bertz CT molecular complexity index is 712. The Morgan fingerprint density at radius 2 is 1.81 bits per heavy atom. The molecule has 0 bridgehead atoms. The lowest BCUT2D eigenvalue weighted by Gasteiger charge is -2.29. The van der Waals surface area contributed by atoms with Gasteiger partial charge in [0.15, 0.2) is 6.10 Å². The van der Waals surface area contributed by atoms with Gasteiger partial charge in [-0.25, -0.2) is 0 Å². The topological polar surface area (TPSA) is 96.3 Å². The molecule has 2 rings (SSSR count). The molecular formula is C20H24N2O4. The summed E-state index contributed by atoms with van der Waals surface area (Å²) in [5, 5.41) is 12.1. The number of nitriles is 1. The minimum atomic E-state index is -0.923. The van der Waals surface area contributed by atoms with Crippen LogP contribution in [-0.4, -0.2) is 23.8 Å². The number of benzene rings is 1. The van der Waals surface area contributed by atoms with E-state index in [4.69, 9.17) is 4.74 Å². The lowest BCUT2D eigenvalue weighted by atomic mass is 9.73. The first-order valence-electron chi connectivity index (χ1n) is 8.88. The second-order valence-corrected chi connectivity index (χ2v) is 6.88. The number of nitrogens with one attached hydrogen (secondary N) is 1. The zero-order valence-electron chi connectivity index (χ0n) is 15.2. The van der Waals surface area contributed by atoms with Crippen LogP contribution >= 0.6 is 0 Å². The lowest BCUT2D eigenvalue weighted by molar-refractivity contribution is -0.148. The van der Waals surface area contributed by atoms with Crippen molar-refractivity contribution in [3.05, 3.63) is 29.8 Å². The molecule has 1 fully saturated rings. The molecule has 0 radical (unpaired) electrons. The Labute approximate surface area is 153 Å². The number of ketones is 1. The van der Waals surface area contributed by atoms with Crippen LogP contribution in [0.4, 0.5) is 5.69 Å². The first kappa shape index (κ1) is 19.6. The molecule has 1 saturated carbocycles. The molecule has 0 heterocycles. The van der Waals surface area contributed by atoms with Crippen LogP contribution in [0.3, 0.4) is 0 Å². The van der Waals surface area contributed by atoms with Crippen molar-refractivity contribution in [1.82, 2.24) is 0 Å². The fraction of sp³-hybridized carbons (Fsp3) is 0.500. The number of Topliss-reactive ketones (excluding diaryl/α,β-unsaturated/α-hetero) is 1. The van der Waals surface area contributed by atoms with E-state index in [-0.39, 0.29) is 18.1 Å². The first-order chi connectivity index (χ1) is 12.3. The average Bonchev–Trinajstić information content (AvgIpc) is 2.62. The second kappa shape index (κ2) is 8.61. The summed E-state index contributed by atoms with van der Waals surface area (Å²) in [6, 6.07) is 8.68. The second-order valence-electron chi connectivity index (χ2n) is 6.88. The quantitative estimate of drug-likeness (QED) is 0.620. The molecule has 0 spiro atoms. The smallest absolute Gasteiger partial charge is 0.308 e. The van der Waals surface area contributed by atoms with E-state index in [0.29, 0.717) is 24.1 Å². The molecular weight excluding hydrogens is 332 g/mol. The van der Waals surface area contributed by atoms with Gasteiger partial charge in [-0.05, 0) is 44.0 Å². The van der Waals surface area contributed by atoms with Crippen molar-refractivity contribution in [2.24, 2.45) is 5.41 Å². The van der Waals surface area contributed by atoms with Gasteiger partial charge in [0.2, 0.25) is 11.7 Å². The third kappa shape index (κ3) is 5.16. The maximum atomic E-state index is 12.4. The number of esters is 1. The van der Waals surface area contributed by atoms with Crippen molar-refractivity contribution in [2.75, 3.05) is 5.32 Å². The third-order valence-corrected chi connectivity index (χ3v) is 4.70. The predicted octanol–water partition coefficient (Wildman–Crippen LogP) is 3.62. The van der Waals surface area contributed by atoms with Gasteiger partial charge in [0.1, 0.15) is 0 Å². The first-order valence-corrected chi connectivity index (χ1v) is 8.88. The summed E-state index contributed by atoms with van der Waals surface area (Å²) in [7, 11) is 0. The fourth-order valence-corrected chi connectivity index (χ4v) is 3.28. The molecule has 0 aliphatic heterocycles. The van der Waals surface area contributed by atoms with E-state index < -0.39 is 17.5 Å². The van der Waals surface area contributed by atoms with Crippen LogP contribution in [0.15, 0.2) is 24.3 Å². The summed E-state index contributed by atoms with van der Waals surface area (Å²) in [4.78, 5) is 35.7. The monoisotopic (exact) mass is 356 g/mol. The van der Waals surface area contributed by atoms with Gasteiger partial charge in [-0.3, -0.25) is 14.4 Å². The van der Waals surface area contributed by atoms with Gasteiger partial charge >= 0.3 is 5.97 Å². The van der Waals surface area contributed by atoms with Crippen LogP contribution < -0.4 is 5.32 Å². The van der Waals surface area contributed by atoms with Crippen molar-refractivity contribution in [1.29, 1.82) is 5.26 Å². The molecule has 0 saturated heterocycles. The lowest BCUT2D eigenvalue weighted by Crippen LogP contribution is -2.30. The summed E-state index contributed by atoms with van der Waals surface area (Å²) in [6.45, 7) is 2.93. The fourth-order valence-electron chi connectivity index (χ4n) is 3.28. The van der Waals surface area contributed by atoms with Gasteiger partial charge in [0.25, 0.3) is 0 Å². The average molecular weight is 356 g/mol. The van der Waals surface area contributed by atoms with Crippen LogP contribution in [0, 0.1) is 16.7 Å². The highest BCUT2D eigenvalue weighted by atomic mass is 16.5. The molecule has 1 atom stereocenters. The maximum Gasteiger partial charge on any atom is 0.308 e. The molecule has 0 aromatic heterocycles. The third-order valence-electron chi connectivity index (χ3n) is 4.70. The number of carbonyl (C=O) groups is 3. The standard InChI is InChI=1S/C20H24N2O4/c1-14(19(25)16-6-8-17(9-7-16)22-15(2)23)26-18(24)12-20(13-21)10-4-3-5-11-20/h6-9,14H,3-5,10-12H2,1-2H3,(H,22,23). The Hall–Kier alpha value is -2.68. The zero-order chi connectivity index (χ0) is 19.2. The number of ether oxygens (including phenoxy) is 1. The SMILES string of the molecule is CC(=O)Nc1ccc(C(=O)C(C)OC(=O)CC2(C#N)CCCCC2)cc1. The van der Waals surface area contributed by atoms with Crippen LogP contribution in [0.1, 0.15) is 62.7 Å². The predicted molar refractivity (Wildman–Crippen MR) is 96.4 cm³/mol. The van der Waals surface area contributed by atoms with Crippen molar-refractivity contribution in [3.63, 3.8) is 0 Å². The molecule has 1 aliphatic carbocycles. The van der Waals surface area contributed by atoms with Crippen molar-refractivity contribution < 1.29 is 19.1 Å². The summed E-state index contributed by atoms with van der Waals surface area (Å²) >= 11 is 0. The largest absolute Gasteiger partial charge is 0.454 e. The van der Waals surface area contributed by atoms with E-state index in [1.807, 2.05) is 0 Å². The van der Waals surface area contributed by atoms with Gasteiger partial charge in [0.05, 0.1) is 17.9 Å². The van der Waals surface area contributed by atoms with Gasteiger partial charge in [-0.1, -0.05) is 19.3 Å². The summed E-state index contributed by atoms with van der Waals surface area (Å²) in [5.74, 6) is -1.02. The number of rotatable bonds is 6. The van der Waals surface area contributed by atoms with Gasteiger partial charge in [0, 0.05) is 18.2 Å². The van der Waals surface area contributed by atoms with Crippen LogP contribution in [0.5, 0.6) is 0 Å². The Morgan fingerprint density at radius 3 is 2.35 bits per heavy atom. The highest BCUT2D eigenvalue weighted by Crippen LogP contribution is 2.39. The zero-order valence-corrected chi connectivity index (χ0v) is 15.2. The van der Waals surface area contributed by atoms with E-state index in [0.717, 1.165) is 19.3 Å². The molecule has 1 aliphatic rings. The highest BCUT2D eigenvalue weighted by Gasteiger charge is 2.36. The van der Waals surface area contributed by atoms with E-state index in [1.165, 1.54) is 13.8 Å². The van der Waals surface area contributed by atoms with E-state index in [2.05, 4.69) is 11.4 Å². The van der Waals surface area contributed by atoms with E-state index >= 15 is 0 Å². The van der Waals surface area contributed by atoms with Crippen molar-refractivity contribution in [3.8, 4) is 6.07 Å². The maximum absolute atomic E-state index is 12.4. The van der Waals surface area contributed by atoms with E-state index in [1.54, 1.807) is 24.3 Å². The molecule has 26 heavy (non-hydrogen) atoms. The Balaban J connectivity index is 1.94. The molecule has 1 N–H and O–H groups in total. The summed E-state index contributed by atoms with van der Waals surface area (Å²) < 4.78 is 5.28.